The fourth-order valence-corrected chi connectivity index (χ4v) is 10.6. The second-order valence-corrected chi connectivity index (χ2v) is 18.1. The van der Waals surface area contributed by atoms with E-state index in [4.69, 9.17) is 9.47 Å². The van der Waals surface area contributed by atoms with Crippen molar-refractivity contribution in [3.05, 3.63) is 93.6 Å². The van der Waals surface area contributed by atoms with Crippen LogP contribution >= 0.6 is 0 Å². The maximum absolute atomic E-state index is 15.0. The Kier molecular flexibility index (Phi) is 13.6. The van der Waals surface area contributed by atoms with Crippen molar-refractivity contribution in [3.63, 3.8) is 0 Å². The van der Waals surface area contributed by atoms with Crippen molar-refractivity contribution in [1.29, 1.82) is 0 Å². The summed E-state index contributed by atoms with van der Waals surface area (Å²) >= 11 is 0. The minimum absolute atomic E-state index is 0.0690. The summed E-state index contributed by atoms with van der Waals surface area (Å²) in [6.45, 7) is 3.47. The SMILES string of the molecule is CNC(=O)N1CCc2c(c(C3CCCc4cc(-c5cnn(CC(=O)NCCOCCNc6ccc7c(c6)C(=O)C(CC6CCC(=O)NC6=O)C7=O)c5)c(C(F)F)cc43)cn2C2CCOCC2)C1. The molecular formula is C49H56F2N8O8. The molecule has 3 atom stereocenters. The Labute approximate surface area is 386 Å². The molecule has 354 valence electrons. The third-order valence-electron chi connectivity index (χ3n) is 14.0. The Bertz CT molecular complexity index is 2580. The van der Waals surface area contributed by atoms with Crippen LogP contribution in [0.15, 0.2) is 48.9 Å². The summed E-state index contributed by atoms with van der Waals surface area (Å²) in [4.78, 5) is 77.4. The second kappa shape index (κ2) is 19.9. The molecule has 4 aromatic rings. The average molecular weight is 923 g/mol. The molecule has 2 saturated heterocycles. The average Bonchev–Trinajstić information content (AvgIpc) is 4.02. The second-order valence-electron chi connectivity index (χ2n) is 18.1. The van der Waals surface area contributed by atoms with Gasteiger partial charge in [-0.2, -0.15) is 5.10 Å². The summed E-state index contributed by atoms with van der Waals surface area (Å²) in [5, 5.41) is 15.4. The van der Waals surface area contributed by atoms with Gasteiger partial charge in [-0.3, -0.25) is 34.0 Å². The van der Waals surface area contributed by atoms with Crippen molar-refractivity contribution in [2.24, 2.45) is 11.8 Å². The highest BCUT2D eigenvalue weighted by atomic mass is 19.3. The van der Waals surface area contributed by atoms with Crippen LogP contribution in [0.2, 0.25) is 0 Å². The van der Waals surface area contributed by atoms with Crippen LogP contribution in [0.4, 0.5) is 19.3 Å². The van der Waals surface area contributed by atoms with E-state index in [2.05, 4.69) is 37.1 Å². The summed E-state index contributed by atoms with van der Waals surface area (Å²) in [6, 6.07) is 8.65. The lowest BCUT2D eigenvalue weighted by molar-refractivity contribution is -0.136. The predicted octanol–water partition coefficient (Wildman–Crippen LogP) is 5.49. The van der Waals surface area contributed by atoms with Gasteiger partial charge in [0.1, 0.15) is 6.54 Å². The number of hydrogen-bond donors (Lipinski definition) is 4. The predicted molar refractivity (Wildman–Crippen MR) is 241 cm³/mol. The van der Waals surface area contributed by atoms with E-state index in [1.807, 2.05) is 11.0 Å². The number of aromatic nitrogens is 3. The molecule has 0 spiro atoms. The molecule has 9 rings (SSSR count). The minimum atomic E-state index is -2.75. The summed E-state index contributed by atoms with van der Waals surface area (Å²) in [5.74, 6) is -3.38. The van der Waals surface area contributed by atoms with E-state index in [0.717, 1.165) is 60.8 Å². The number of nitrogens with zero attached hydrogens (tertiary/aromatic N) is 4. The lowest BCUT2D eigenvalue weighted by Crippen LogP contribution is -2.42. The number of ketones is 2. The quantitative estimate of drug-likeness (QED) is 0.0673. The Morgan fingerprint density at radius 2 is 1.73 bits per heavy atom. The Morgan fingerprint density at radius 1 is 0.925 bits per heavy atom. The van der Waals surface area contributed by atoms with Crippen molar-refractivity contribution in [2.75, 3.05) is 58.4 Å². The maximum Gasteiger partial charge on any atom is 0.317 e. The van der Waals surface area contributed by atoms with E-state index in [-0.39, 0.29) is 86.1 Å². The number of amides is 5. The number of aryl methyl sites for hydroxylation is 1. The smallest absolute Gasteiger partial charge is 0.317 e. The first-order chi connectivity index (χ1) is 32.5. The van der Waals surface area contributed by atoms with Crippen LogP contribution in [-0.2, 0) is 49.8 Å². The van der Waals surface area contributed by atoms with Gasteiger partial charge in [0.15, 0.2) is 11.6 Å². The number of fused-ring (bicyclic) bond motifs is 3. The molecule has 2 fully saturated rings. The Morgan fingerprint density at radius 3 is 2.52 bits per heavy atom. The van der Waals surface area contributed by atoms with Gasteiger partial charge in [-0.1, -0.05) is 6.07 Å². The Hall–Kier alpha value is -6.27. The number of halogens is 2. The van der Waals surface area contributed by atoms with Crippen molar-refractivity contribution in [1.82, 2.24) is 35.2 Å². The van der Waals surface area contributed by atoms with E-state index in [1.165, 1.54) is 16.6 Å². The standard InChI is InChI=1S/C49H56F2N8O8/c1-52-49(65)57-14-9-42-41(25-57)40(26-59(42)32-10-15-66-16-11-32)33-4-2-3-28-19-35(38(47(50)51)22-36(28)33)30-23-55-58(24-30)27-44(61)54-13-18-67-17-12-53-31-6-7-34-37(21-31)46(63)39(45(34)62)20-29-5-8-43(60)56-48(29)64/h6-7,19,21-24,26,29,32-33,39,47,53H,2-5,8-18,20,25,27H2,1H3,(H,52,65)(H,54,61)(H,56,60,64). The topological polar surface area (TPSA) is 195 Å². The molecule has 0 saturated carbocycles. The number of hydrogen-bond acceptors (Lipinski definition) is 10. The van der Waals surface area contributed by atoms with Crippen molar-refractivity contribution < 1.29 is 47.0 Å². The van der Waals surface area contributed by atoms with Gasteiger partial charge in [0.25, 0.3) is 6.43 Å². The molecule has 0 radical (unpaired) electrons. The van der Waals surface area contributed by atoms with E-state index in [0.29, 0.717) is 67.2 Å². The summed E-state index contributed by atoms with van der Waals surface area (Å²) in [6.07, 6.45) is 8.17. The number of Topliss-reactive ketones (excluding diaryl/α,β-unsaturated/α-hetero) is 2. The molecule has 5 heterocycles. The first kappa shape index (κ1) is 45.9. The highest BCUT2D eigenvalue weighted by Gasteiger charge is 2.42. The fraction of sp³-hybridized carbons (Fsp3) is 0.490. The van der Waals surface area contributed by atoms with Gasteiger partial charge in [0.05, 0.1) is 25.3 Å². The molecule has 2 aromatic carbocycles. The van der Waals surface area contributed by atoms with Gasteiger partial charge >= 0.3 is 6.03 Å². The van der Waals surface area contributed by atoms with Crippen molar-refractivity contribution in [2.45, 2.75) is 89.3 Å². The number of anilines is 1. The van der Waals surface area contributed by atoms with Gasteiger partial charge in [0.2, 0.25) is 17.7 Å². The molecule has 18 heteroatoms. The largest absolute Gasteiger partial charge is 0.383 e. The highest BCUT2D eigenvalue weighted by Crippen LogP contribution is 2.46. The monoisotopic (exact) mass is 922 g/mol. The highest BCUT2D eigenvalue weighted by molar-refractivity contribution is 6.26. The molecule has 5 aliphatic rings. The van der Waals surface area contributed by atoms with Crippen LogP contribution < -0.4 is 21.3 Å². The molecule has 3 aliphatic heterocycles. The van der Waals surface area contributed by atoms with Gasteiger partial charge in [-0.05, 0) is 97.0 Å². The van der Waals surface area contributed by atoms with E-state index >= 15 is 8.78 Å². The van der Waals surface area contributed by atoms with Crippen LogP contribution in [0.25, 0.3) is 11.1 Å². The van der Waals surface area contributed by atoms with Crippen molar-refractivity contribution >= 4 is 41.0 Å². The first-order valence-corrected chi connectivity index (χ1v) is 23.4. The molecule has 16 nitrogen and oxygen atoms in total. The van der Waals surface area contributed by atoms with Crippen LogP contribution in [0, 0.1) is 11.8 Å². The summed E-state index contributed by atoms with van der Waals surface area (Å²) in [5.41, 5.74) is 7.43. The molecule has 3 unspecified atom stereocenters. The number of urea groups is 1. The molecular weight excluding hydrogens is 867 g/mol. The number of piperidine rings is 1. The summed E-state index contributed by atoms with van der Waals surface area (Å²) < 4.78 is 45.2. The molecule has 4 N–H and O–H groups in total. The van der Waals surface area contributed by atoms with E-state index in [1.54, 1.807) is 37.5 Å². The lowest BCUT2D eigenvalue weighted by Gasteiger charge is -2.32. The normalized spacial score (nSPS) is 20.7. The molecule has 67 heavy (non-hydrogen) atoms. The zero-order valence-electron chi connectivity index (χ0n) is 37.5. The van der Waals surface area contributed by atoms with Crippen LogP contribution in [0.1, 0.15) is 118 Å². The third-order valence-corrected chi connectivity index (χ3v) is 14.0. The molecule has 5 amide bonds. The summed E-state index contributed by atoms with van der Waals surface area (Å²) in [7, 11) is 1.63. The van der Waals surface area contributed by atoms with Crippen LogP contribution in [0.5, 0.6) is 0 Å². The number of rotatable bonds is 15. The molecule has 2 aromatic heterocycles. The Balaban J connectivity index is 0.780. The number of carbonyl (C=O) groups excluding carboxylic acids is 6. The first-order valence-electron chi connectivity index (χ1n) is 23.4. The van der Waals surface area contributed by atoms with Gasteiger partial charge < -0.3 is 34.9 Å². The van der Waals surface area contributed by atoms with Gasteiger partial charge in [0, 0.05) is 123 Å². The van der Waals surface area contributed by atoms with Crippen LogP contribution in [0.3, 0.4) is 0 Å². The fourth-order valence-electron chi connectivity index (χ4n) is 10.6. The zero-order chi connectivity index (χ0) is 46.8. The number of carbonyl (C=O) groups is 6. The van der Waals surface area contributed by atoms with E-state index < -0.39 is 24.2 Å². The van der Waals surface area contributed by atoms with Gasteiger partial charge in [-0.25, -0.2) is 13.6 Å². The lowest BCUT2D eigenvalue weighted by atomic mass is 9.76. The number of ether oxygens (including phenoxy) is 2. The van der Waals surface area contributed by atoms with E-state index in [9.17, 15) is 28.8 Å². The van der Waals surface area contributed by atoms with Gasteiger partial charge in [-0.15, -0.1) is 0 Å². The third kappa shape index (κ3) is 9.64. The molecule has 2 aliphatic carbocycles. The number of alkyl halides is 2. The number of nitrogens with one attached hydrogen (secondary N) is 4. The van der Waals surface area contributed by atoms with Crippen molar-refractivity contribution in [3.8, 4) is 11.1 Å². The minimum Gasteiger partial charge on any atom is -0.383 e. The number of benzene rings is 2. The maximum atomic E-state index is 15.0. The zero-order valence-corrected chi connectivity index (χ0v) is 37.5. The molecule has 0 bridgehead atoms. The number of imide groups is 1. The van der Waals surface area contributed by atoms with Crippen LogP contribution in [-0.4, -0.2) is 108 Å².